The fourth-order valence-corrected chi connectivity index (χ4v) is 6.40. The number of nitrogens with zero attached hydrogens (tertiary/aromatic N) is 3. The van der Waals surface area contributed by atoms with Crippen molar-refractivity contribution in [2.75, 3.05) is 0 Å². The van der Waals surface area contributed by atoms with Gasteiger partial charge in [0.1, 0.15) is 0 Å². The molecule has 1 aromatic heterocycles. The van der Waals surface area contributed by atoms with E-state index in [1.165, 1.54) is 38.6 Å². The first-order chi connectivity index (χ1) is 21.0. The van der Waals surface area contributed by atoms with Gasteiger partial charge in [0.2, 0.25) is 0 Å². The first-order valence-corrected chi connectivity index (χ1v) is 14.7. The zero-order valence-electron chi connectivity index (χ0n) is 24.1. The van der Waals surface area contributed by atoms with Crippen molar-refractivity contribution in [1.82, 2.24) is 15.0 Å². The molecule has 7 aromatic rings. The maximum absolute atomic E-state index is 4.94. The zero-order valence-corrected chi connectivity index (χ0v) is 24.1. The highest BCUT2D eigenvalue weighted by molar-refractivity contribution is 5.95. The van der Waals surface area contributed by atoms with E-state index in [2.05, 4.69) is 92.7 Å². The van der Waals surface area contributed by atoms with Gasteiger partial charge in [0.15, 0.2) is 17.5 Å². The third kappa shape index (κ3) is 4.33. The second-order valence-electron chi connectivity index (χ2n) is 11.7. The fraction of sp³-hybridized carbons (Fsp3) is 0.0750. The molecule has 1 aliphatic rings. The molecule has 1 aliphatic carbocycles. The summed E-state index contributed by atoms with van der Waals surface area (Å²) in [6, 6.07) is 49.1. The van der Waals surface area contributed by atoms with Crippen LogP contribution in [0.3, 0.4) is 0 Å². The Morgan fingerprint density at radius 2 is 0.930 bits per heavy atom. The highest BCUT2D eigenvalue weighted by atomic mass is 15.0. The van der Waals surface area contributed by atoms with Gasteiger partial charge in [0.05, 0.1) is 0 Å². The van der Waals surface area contributed by atoms with Gasteiger partial charge in [-0.1, -0.05) is 129 Å². The van der Waals surface area contributed by atoms with Gasteiger partial charge in [0, 0.05) is 22.1 Å². The highest BCUT2D eigenvalue weighted by Crippen LogP contribution is 2.49. The minimum atomic E-state index is -0.00509. The van der Waals surface area contributed by atoms with Crippen molar-refractivity contribution in [1.29, 1.82) is 0 Å². The molecule has 0 aliphatic heterocycles. The van der Waals surface area contributed by atoms with E-state index >= 15 is 0 Å². The molecule has 0 saturated carbocycles. The van der Waals surface area contributed by atoms with Crippen LogP contribution in [0.5, 0.6) is 0 Å². The molecule has 0 atom stereocenters. The van der Waals surface area contributed by atoms with E-state index in [1.54, 1.807) is 0 Å². The van der Waals surface area contributed by atoms with Crippen LogP contribution in [0.4, 0.5) is 0 Å². The second-order valence-corrected chi connectivity index (χ2v) is 11.7. The molecule has 3 nitrogen and oxygen atoms in total. The zero-order chi connectivity index (χ0) is 29.0. The smallest absolute Gasteiger partial charge is 0.164 e. The third-order valence-electron chi connectivity index (χ3n) is 8.69. The van der Waals surface area contributed by atoms with Crippen LogP contribution in [0.2, 0.25) is 0 Å². The van der Waals surface area contributed by atoms with Crippen LogP contribution in [-0.2, 0) is 5.41 Å². The molecule has 0 fully saturated rings. The van der Waals surface area contributed by atoms with Gasteiger partial charge < -0.3 is 0 Å². The van der Waals surface area contributed by atoms with Gasteiger partial charge in [-0.2, -0.15) is 0 Å². The van der Waals surface area contributed by atoms with Crippen molar-refractivity contribution < 1.29 is 0 Å². The van der Waals surface area contributed by atoms with Crippen molar-refractivity contribution in [3.63, 3.8) is 0 Å². The topological polar surface area (TPSA) is 38.7 Å². The van der Waals surface area contributed by atoms with Gasteiger partial charge in [-0.05, 0) is 68.4 Å². The standard InChI is InChI=1S/C40H29N3/c1-40(2)35-19-10-9-18-33(35)34-24-32-23-29(20-21-30(32)25-36(34)40)28-16-11-17-31(22-28)39-42-37(26-12-5-3-6-13-26)41-38(43-39)27-14-7-4-8-15-27/h3-25H,1-2H3. The van der Waals surface area contributed by atoms with Crippen LogP contribution in [0.25, 0.3) is 67.2 Å². The molecule has 8 rings (SSSR count). The predicted octanol–water partition coefficient (Wildman–Crippen LogP) is 10.00. The Labute approximate surface area is 251 Å². The van der Waals surface area contributed by atoms with E-state index in [4.69, 9.17) is 15.0 Å². The lowest BCUT2D eigenvalue weighted by atomic mass is 9.82. The van der Waals surface area contributed by atoms with Gasteiger partial charge in [-0.25, -0.2) is 15.0 Å². The first-order valence-electron chi connectivity index (χ1n) is 14.7. The van der Waals surface area contributed by atoms with Crippen molar-refractivity contribution >= 4 is 10.8 Å². The molecule has 0 bridgehead atoms. The van der Waals surface area contributed by atoms with E-state index in [0.29, 0.717) is 17.5 Å². The monoisotopic (exact) mass is 551 g/mol. The van der Waals surface area contributed by atoms with E-state index < -0.39 is 0 Å². The molecule has 0 N–H and O–H groups in total. The molecular formula is C40H29N3. The number of rotatable bonds is 4. The van der Waals surface area contributed by atoms with Crippen molar-refractivity contribution in [3.05, 3.63) is 151 Å². The maximum atomic E-state index is 4.94. The number of benzene rings is 6. The van der Waals surface area contributed by atoms with Gasteiger partial charge in [0.25, 0.3) is 0 Å². The molecule has 0 saturated heterocycles. The maximum Gasteiger partial charge on any atom is 0.164 e. The SMILES string of the molecule is CC1(C)c2ccccc2-c2cc3cc(-c4cccc(-c5nc(-c6ccccc6)nc(-c6ccccc6)n5)c4)ccc3cc21. The Bertz CT molecular complexity index is 2090. The molecule has 0 radical (unpaired) electrons. The molecule has 3 heteroatoms. The summed E-state index contributed by atoms with van der Waals surface area (Å²) in [6.07, 6.45) is 0. The predicted molar refractivity (Wildman–Crippen MR) is 177 cm³/mol. The van der Waals surface area contributed by atoms with E-state index in [9.17, 15) is 0 Å². The summed E-state index contributed by atoms with van der Waals surface area (Å²) in [7, 11) is 0. The normalized spacial score (nSPS) is 13.1. The molecule has 0 spiro atoms. The largest absolute Gasteiger partial charge is 0.208 e. The lowest BCUT2D eigenvalue weighted by Crippen LogP contribution is -2.14. The third-order valence-corrected chi connectivity index (χ3v) is 8.69. The van der Waals surface area contributed by atoms with E-state index in [0.717, 1.165) is 22.3 Å². The summed E-state index contributed by atoms with van der Waals surface area (Å²) in [5.74, 6) is 1.99. The lowest BCUT2D eigenvalue weighted by molar-refractivity contribution is 0.661. The Balaban J connectivity index is 1.23. The summed E-state index contributed by atoms with van der Waals surface area (Å²) >= 11 is 0. The van der Waals surface area contributed by atoms with Crippen molar-refractivity contribution in [2.45, 2.75) is 19.3 Å². The summed E-state index contributed by atoms with van der Waals surface area (Å²) in [5.41, 5.74) is 10.7. The highest BCUT2D eigenvalue weighted by Gasteiger charge is 2.35. The van der Waals surface area contributed by atoms with Crippen molar-refractivity contribution in [2.24, 2.45) is 0 Å². The first kappa shape index (κ1) is 25.3. The molecule has 1 heterocycles. The minimum absolute atomic E-state index is 0.00509. The van der Waals surface area contributed by atoms with E-state index in [-0.39, 0.29) is 5.41 Å². The molecule has 0 unspecified atom stereocenters. The van der Waals surface area contributed by atoms with Crippen LogP contribution >= 0.6 is 0 Å². The number of hydrogen-bond donors (Lipinski definition) is 0. The summed E-state index contributed by atoms with van der Waals surface area (Å²) in [6.45, 7) is 4.66. The lowest BCUT2D eigenvalue weighted by Gasteiger charge is -2.21. The molecule has 0 amide bonds. The fourth-order valence-electron chi connectivity index (χ4n) is 6.40. The van der Waals surface area contributed by atoms with Gasteiger partial charge >= 0.3 is 0 Å². The molecular weight excluding hydrogens is 522 g/mol. The summed E-state index contributed by atoms with van der Waals surface area (Å²) in [4.78, 5) is 14.7. The van der Waals surface area contributed by atoms with Crippen LogP contribution in [0, 0.1) is 0 Å². The average Bonchev–Trinajstić information content (AvgIpc) is 3.29. The second kappa shape index (κ2) is 9.85. The minimum Gasteiger partial charge on any atom is -0.208 e. The Hall–Kier alpha value is -5.41. The van der Waals surface area contributed by atoms with Crippen LogP contribution in [0.15, 0.2) is 140 Å². The Kier molecular flexibility index (Phi) is 5.80. The molecule has 204 valence electrons. The molecule has 43 heavy (non-hydrogen) atoms. The molecule has 6 aromatic carbocycles. The average molecular weight is 552 g/mol. The Morgan fingerprint density at radius 3 is 1.63 bits per heavy atom. The van der Waals surface area contributed by atoms with Crippen LogP contribution in [0.1, 0.15) is 25.0 Å². The number of fused-ring (bicyclic) bond motifs is 4. The number of aromatic nitrogens is 3. The van der Waals surface area contributed by atoms with E-state index in [1.807, 2.05) is 60.7 Å². The van der Waals surface area contributed by atoms with Crippen molar-refractivity contribution in [3.8, 4) is 56.4 Å². The summed E-state index contributed by atoms with van der Waals surface area (Å²) < 4.78 is 0. The van der Waals surface area contributed by atoms with Gasteiger partial charge in [-0.3, -0.25) is 0 Å². The quantitative estimate of drug-likeness (QED) is 0.218. The van der Waals surface area contributed by atoms with Crippen LogP contribution in [-0.4, -0.2) is 15.0 Å². The summed E-state index contributed by atoms with van der Waals surface area (Å²) in [5, 5.41) is 2.50. The van der Waals surface area contributed by atoms with Gasteiger partial charge in [-0.15, -0.1) is 0 Å². The Morgan fingerprint density at radius 1 is 0.372 bits per heavy atom. The number of hydrogen-bond acceptors (Lipinski definition) is 3. The van der Waals surface area contributed by atoms with Crippen LogP contribution < -0.4 is 0 Å².